The molecule has 1 fully saturated rings. The molecule has 0 aromatic heterocycles. The number of nitrogens with one attached hydrogen (secondary N) is 2. The van der Waals surface area contributed by atoms with Gasteiger partial charge in [0, 0.05) is 6.54 Å². The molecule has 0 bridgehead atoms. The van der Waals surface area contributed by atoms with Gasteiger partial charge in [0.1, 0.15) is 12.1 Å². The molecule has 25 heavy (non-hydrogen) atoms. The zero-order valence-electron chi connectivity index (χ0n) is 14.4. The van der Waals surface area contributed by atoms with Gasteiger partial charge in [-0.1, -0.05) is 29.8 Å². The summed E-state index contributed by atoms with van der Waals surface area (Å²) in [5.74, 6) is -1.82. The summed E-state index contributed by atoms with van der Waals surface area (Å²) in [7, 11) is 0. The van der Waals surface area contributed by atoms with Crippen LogP contribution in [0.2, 0.25) is 0 Å². The van der Waals surface area contributed by atoms with Crippen molar-refractivity contribution in [2.45, 2.75) is 26.3 Å². The quantitative estimate of drug-likeness (QED) is 0.574. The maximum absolute atomic E-state index is 12.7. The number of carbonyl (C=O) groups excluding carboxylic acids is 4. The molecular weight excluding hydrogens is 326 g/mol. The standard InChI is InChI=1S/C17H21N3O5/c1-4-18-13(21)10-25-14(22)9-20-15(23)17(3,19-16(20)24)12-7-5-11(2)6-8-12/h5-8H,4,9-10H2,1-3H3,(H,18,21)(H,19,24)/t17-/m0/s1. The van der Waals surface area contributed by atoms with Crippen LogP contribution in [-0.2, 0) is 24.7 Å². The van der Waals surface area contributed by atoms with Crippen LogP contribution in [0, 0.1) is 6.92 Å². The van der Waals surface area contributed by atoms with Crippen LogP contribution >= 0.6 is 0 Å². The van der Waals surface area contributed by atoms with Gasteiger partial charge in [-0.05, 0) is 26.3 Å². The third kappa shape index (κ3) is 3.96. The summed E-state index contributed by atoms with van der Waals surface area (Å²) in [6, 6.07) is 6.50. The number of rotatable bonds is 6. The van der Waals surface area contributed by atoms with E-state index in [2.05, 4.69) is 10.6 Å². The minimum absolute atomic E-state index is 0.415. The Hall–Kier alpha value is -2.90. The fourth-order valence-electron chi connectivity index (χ4n) is 2.49. The number of aryl methyl sites for hydroxylation is 1. The van der Waals surface area contributed by atoms with Crippen LogP contribution in [0.3, 0.4) is 0 Å². The Bertz CT molecular complexity index is 701. The van der Waals surface area contributed by atoms with Crippen LogP contribution in [0.25, 0.3) is 0 Å². The number of esters is 1. The molecule has 0 unspecified atom stereocenters. The molecule has 2 N–H and O–H groups in total. The van der Waals surface area contributed by atoms with Crippen molar-refractivity contribution in [2.24, 2.45) is 0 Å². The Kier molecular flexibility index (Phi) is 5.41. The van der Waals surface area contributed by atoms with Crippen LogP contribution in [0.5, 0.6) is 0 Å². The van der Waals surface area contributed by atoms with Crippen LogP contribution < -0.4 is 10.6 Å². The molecule has 2 rings (SSSR count). The van der Waals surface area contributed by atoms with Gasteiger partial charge in [0.2, 0.25) is 0 Å². The number of hydrogen-bond acceptors (Lipinski definition) is 5. The number of ether oxygens (including phenoxy) is 1. The third-order valence-electron chi connectivity index (χ3n) is 3.93. The van der Waals surface area contributed by atoms with Crippen molar-refractivity contribution in [3.8, 4) is 0 Å². The van der Waals surface area contributed by atoms with E-state index in [4.69, 9.17) is 4.74 Å². The lowest BCUT2D eigenvalue weighted by Gasteiger charge is -2.22. The summed E-state index contributed by atoms with van der Waals surface area (Å²) < 4.78 is 4.78. The van der Waals surface area contributed by atoms with Gasteiger partial charge in [-0.3, -0.25) is 19.3 Å². The molecular formula is C17H21N3O5. The molecule has 0 spiro atoms. The first-order valence-corrected chi connectivity index (χ1v) is 7.91. The van der Waals surface area contributed by atoms with E-state index < -0.39 is 42.5 Å². The topological polar surface area (TPSA) is 105 Å². The molecule has 1 aliphatic rings. The average Bonchev–Trinajstić information content (AvgIpc) is 2.78. The lowest BCUT2D eigenvalue weighted by atomic mass is 9.91. The Morgan fingerprint density at radius 2 is 1.88 bits per heavy atom. The van der Waals surface area contributed by atoms with Crippen molar-refractivity contribution in [3.05, 3.63) is 35.4 Å². The van der Waals surface area contributed by atoms with Gasteiger partial charge in [-0.15, -0.1) is 0 Å². The molecule has 1 aliphatic heterocycles. The average molecular weight is 347 g/mol. The summed E-state index contributed by atoms with van der Waals surface area (Å²) in [6.07, 6.45) is 0. The van der Waals surface area contributed by atoms with Crippen molar-refractivity contribution in [1.82, 2.24) is 15.5 Å². The minimum atomic E-state index is -1.25. The molecule has 1 saturated heterocycles. The van der Waals surface area contributed by atoms with E-state index in [1.807, 2.05) is 19.1 Å². The van der Waals surface area contributed by atoms with E-state index in [1.165, 1.54) is 0 Å². The Morgan fingerprint density at radius 1 is 1.24 bits per heavy atom. The first-order chi connectivity index (χ1) is 11.8. The second-order valence-electron chi connectivity index (χ2n) is 5.93. The first kappa shape index (κ1) is 18.4. The summed E-state index contributed by atoms with van der Waals surface area (Å²) in [4.78, 5) is 48.7. The zero-order chi connectivity index (χ0) is 18.6. The maximum Gasteiger partial charge on any atom is 0.326 e. The fraction of sp³-hybridized carbons (Fsp3) is 0.412. The van der Waals surface area contributed by atoms with Crippen LogP contribution in [0.4, 0.5) is 4.79 Å². The van der Waals surface area contributed by atoms with E-state index >= 15 is 0 Å². The van der Waals surface area contributed by atoms with Crippen molar-refractivity contribution in [2.75, 3.05) is 19.7 Å². The number of hydrogen-bond donors (Lipinski definition) is 2. The predicted octanol–water partition coefficient (Wildman–Crippen LogP) is 0.441. The largest absolute Gasteiger partial charge is 0.454 e. The summed E-state index contributed by atoms with van der Waals surface area (Å²) in [5.41, 5.74) is 0.398. The Labute approximate surface area is 145 Å². The van der Waals surface area contributed by atoms with Gasteiger partial charge < -0.3 is 15.4 Å². The Balaban J connectivity index is 2.04. The van der Waals surface area contributed by atoms with Crippen molar-refractivity contribution in [1.29, 1.82) is 0 Å². The number of carbonyl (C=O) groups is 4. The van der Waals surface area contributed by atoms with Gasteiger partial charge in [-0.2, -0.15) is 0 Å². The van der Waals surface area contributed by atoms with E-state index in [-0.39, 0.29) is 0 Å². The van der Waals surface area contributed by atoms with E-state index in [9.17, 15) is 19.2 Å². The molecule has 134 valence electrons. The number of imide groups is 1. The molecule has 1 aromatic carbocycles. The van der Waals surface area contributed by atoms with Crippen molar-refractivity contribution >= 4 is 23.8 Å². The maximum atomic E-state index is 12.7. The third-order valence-corrected chi connectivity index (χ3v) is 3.93. The molecule has 1 aromatic rings. The number of likely N-dealkylation sites (N-methyl/N-ethyl adjacent to an activating group) is 1. The molecule has 0 saturated carbocycles. The molecule has 8 nitrogen and oxygen atoms in total. The van der Waals surface area contributed by atoms with Crippen molar-refractivity contribution < 1.29 is 23.9 Å². The van der Waals surface area contributed by atoms with E-state index in [0.29, 0.717) is 12.1 Å². The van der Waals surface area contributed by atoms with Crippen LogP contribution in [-0.4, -0.2) is 48.4 Å². The zero-order valence-corrected chi connectivity index (χ0v) is 14.4. The lowest BCUT2D eigenvalue weighted by Crippen LogP contribution is -2.42. The van der Waals surface area contributed by atoms with Crippen LogP contribution in [0.15, 0.2) is 24.3 Å². The van der Waals surface area contributed by atoms with E-state index in [1.54, 1.807) is 26.0 Å². The minimum Gasteiger partial charge on any atom is -0.454 e. The highest BCUT2D eigenvalue weighted by atomic mass is 16.5. The summed E-state index contributed by atoms with van der Waals surface area (Å²) >= 11 is 0. The van der Waals surface area contributed by atoms with Gasteiger partial charge in [0.15, 0.2) is 6.61 Å². The second kappa shape index (κ2) is 7.33. The SMILES string of the molecule is CCNC(=O)COC(=O)CN1C(=O)N[C@@](C)(c2ccc(C)cc2)C1=O. The van der Waals surface area contributed by atoms with Gasteiger partial charge in [0.05, 0.1) is 0 Å². The molecule has 4 amide bonds. The smallest absolute Gasteiger partial charge is 0.326 e. The number of amides is 4. The molecule has 1 heterocycles. The van der Waals surface area contributed by atoms with Gasteiger partial charge in [0.25, 0.3) is 11.8 Å². The number of benzene rings is 1. The van der Waals surface area contributed by atoms with Gasteiger partial charge >= 0.3 is 12.0 Å². The summed E-state index contributed by atoms with van der Waals surface area (Å²) in [5, 5.41) is 5.08. The highest BCUT2D eigenvalue weighted by Gasteiger charge is 2.49. The van der Waals surface area contributed by atoms with E-state index in [0.717, 1.165) is 10.5 Å². The van der Waals surface area contributed by atoms with Crippen LogP contribution in [0.1, 0.15) is 25.0 Å². The molecule has 0 aliphatic carbocycles. The number of urea groups is 1. The fourth-order valence-corrected chi connectivity index (χ4v) is 2.49. The Morgan fingerprint density at radius 3 is 2.48 bits per heavy atom. The lowest BCUT2D eigenvalue weighted by molar-refractivity contribution is -0.151. The highest BCUT2D eigenvalue weighted by Crippen LogP contribution is 2.28. The summed E-state index contributed by atoms with van der Waals surface area (Å²) in [6.45, 7) is 4.64. The molecule has 1 atom stereocenters. The van der Waals surface area contributed by atoms with Crippen molar-refractivity contribution in [3.63, 3.8) is 0 Å². The molecule has 8 heteroatoms. The first-order valence-electron chi connectivity index (χ1n) is 7.91. The monoisotopic (exact) mass is 347 g/mol. The normalized spacial score (nSPS) is 19.6. The second-order valence-corrected chi connectivity index (χ2v) is 5.93. The predicted molar refractivity (Wildman–Crippen MR) is 88.4 cm³/mol. The highest BCUT2D eigenvalue weighted by molar-refractivity contribution is 6.08. The number of nitrogens with zero attached hydrogens (tertiary/aromatic N) is 1. The van der Waals surface area contributed by atoms with Gasteiger partial charge in [-0.25, -0.2) is 4.79 Å². The molecule has 0 radical (unpaired) electrons.